The molecule has 182 valence electrons. The summed E-state index contributed by atoms with van der Waals surface area (Å²) in [6.07, 6.45) is 10.7. The van der Waals surface area contributed by atoms with Gasteiger partial charge < -0.3 is 4.90 Å². The average molecular weight is 620 g/mol. The number of benzene rings is 1. The number of piperidine rings is 1. The lowest BCUT2D eigenvalue weighted by Crippen LogP contribution is -2.42. The Bertz CT molecular complexity index is 1210. The van der Waals surface area contributed by atoms with Gasteiger partial charge in [0.15, 0.2) is 12.4 Å². The van der Waals surface area contributed by atoms with Crippen LogP contribution in [0.5, 0.6) is 0 Å². The molecule has 3 heterocycles. The zero-order valence-corrected chi connectivity index (χ0v) is 23.8. The highest BCUT2D eigenvalue weighted by molar-refractivity contribution is 9.10. The molecule has 1 aromatic carbocycles. The van der Waals surface area contributed by atoms with Crippen molar-refractivity contribution in [2.24, 2.45) is 13.0 Å². The normalized spacial score (nSPS) is 18.1. The highest BCUT2D eigenvalue weighted by Crippen LogP contribution is 2.46. The molecule has 0 radical (unpaired) electrons. The molecule has 0 spiro atoms. The van der Waals surface area contributed by atoms with Crippen LogP contribution in [-0.2, 0) is 26.3 Å². The van der Waals surface area contributed by atoms with Gasteiger partial charge in [-0.1, -0.05) is 34.1 Å². The van der Waals surface area contributed by atoms with E-state index in [9.17, 15) is 5.21 Å². The standard InChI is InChI=1S/C28H30Br2ClN3O/c1-18(13-19-5-9-32(2)10-6-19)33-11-7-20(8-12-33)27-26-21(15-24(31)16-25(26)30)3-4-22-14-23(29)17-34(35)28(22)27/h5-6,9-10,14-17,20,27,35H,1,3-4,7-8,11-13H2,2H3/q+2/t27-/m0/s1. The Hall–Kier alpha value is -1.89. The number of pyridine rings is 2. The van der Waals surface area contributed by atoms with Crippen molar-refractivity contribution in [2.75, 3.05) is 13.1 Å². The van der Waals surface area contributed by atoms with E-state index in [0.717, 1.165) is 64.9 Å². The summed E-state index contributed by atoms with van der Waals surface area (Å²) in [5.74, 6) is 0.499. The topological polar surface area (TPSA) is 31.2 Å². The van der Waals surface area contributed by atoms with E-state index >= 15 is 0 Å². The van der Waals surface area contributed by atoms with Gasteiger partial charge in [-0.3, -0.25) is 5.21 Å². The third-order valence-electron chi connectivity index (χ3n) is 7.50. The molecule has 7 heteroatoms. The van der Waals surface area contributed by atoms with E-state index in [2.05, 4.69) is 84.6 Å². The predicted molar refractivity (Wildman–Crippen MR) is 145 cm³/mol. The Morgan fingerprint density at radius 2 is 1.80 bits per heavy atom. The summed E-state index contributed by atoms with van der Waals surface area (Å²) in [6, 6.07) is 10.6. The maximum absolute atomic E-state index is 11.1. The summed E-state index contributed by atoms with van der Waals surface area (Å²) in [6.45, 7) is 6.36. The molecule has 1 aliphatic carbocycles. The minimum Gasteiger partial charge on any atom is -0.375 e. The number of hydrogen-bond acceptors (Lipinski definition) is 2. The van der Waals surface area contributed by atoms with E-state index in [-0.39, 0.29) is 5.92 Å². The number of fused-ring (bicyclic) bond motifs is 2. The summed E-state index contributed by atoms with van der Waals surface area (Å²) in [5.41, 5.74) is 7.20. The number of aryl methyl sites for hydroxylation is 3. The second-order valence-corrected chi connectivity index (χ2v) is 12.0. The van der Waals surface area contributed by atoms with Gasteiger partial charge in [-0.05, 0) is 82.4 Å². The summed E-state index contributed by atoms with van der Waals surface area (Å²) < 4.78 is 5.32. The monoisotopic (exact) mass is 617 g/mol. The van der Waals surface area contributed by atoms with Gasteiger partial charge in [0, 0.05) is 57.1 Å². The van der Waals surface area contributed by atoms with Gasteiger partial charge in [0.05, 0.1) is 10.4 Å². The van der Waals surface area contributed by atoms with Crippen molar-refractivity contribution in [1.82, 2.24) is 4.90 Å². The van der Waals surface area contributed by atoms with Crippen LogP contribution in [-0.4, -0.2) is 23.2 Å². The lowest BCUT2D eigenvalue weighted by molar-refractivity contribution is -0.911. The quantitative estimate of drug-likeness (QED) is 0.291. The fourth-order valence-electron chi connectivity index (χ4n) is 5.76. The smallest absolute Gasteiger partial charge is 0.245 e. The van der Waals surface area contributed by atoms with E-state index in [0.29, 0.717) is 5.92 Å². The van der Waals surface area contributed by atoms with E-state index in [1.54, 1.807) is 6.20 Å². The number of aromatic nitrogens is 2. The Morgan fingerprint density at radius 3 is 2.51 bits per heavy atom. The van der Waals surface area contributed by atoms with Crippen molar-refractivity contribution in [1.29, 1.82) is 0 Å². The van der Waals surface area contributed by atoms with E-state index in [1.807, 2.05) is 13.1 Å². The molecular weight excluding hydrogens is 590 g/mol. The van der Waals surface area contributed by atoms with E-state index < -0.39 is 0 Å². The van der Waals surface area contributed by atoms with Gasteiger partial charge >= 0.3 is 0 Å². The van der Waals surface area contributed by atoms with Crippen LogP contribution in [0.3, 0.4) is 0 Å². The minimum absolute atomic E-state index is 0.0942. The van der Waals surface area contributed by atoms with Crippen LogP contribution in [0.4, 0.5) is 0 Å². The summed E-state index contributed by atoms with van der Waals surface area (Å²) in [5, 5.41) is 11.8. The molecule has 2 aromatic heterocycles. The molecule has 0 unspecified atom stereocenters. The lowest BCUT2D eigenvalue weighted by Gasteiger charge is -2.38. The highest BCUT2D eigenvalue weighted by Gasteiger charge is 2.41. The number of hydrogen-bond donors (Lipinski definition) is 1. The zero-order chi connectivity index (χ0) is 24.7. The van der Waals surface area contributed by atoms with Crippen LogP contribution in [0.2, 0.25) is 5.02 Å². The summed E-state index contributed by atoms with van der Waals surface area (Å²) in [4.78, 5) is 2.44. The molecule has 0 bridgehead atoms. The van der Waals surface area contributed by atoms with Crippen LogP contribution in [0.15, 0.2) is 70.1 Å². The number of allylic oxidation sites excluding steroid dienone is 1. The highest BCUT2D eigenvalue weighted by atomic mass is 79.9. The van der Waals surface area contributed by atoms with Crippen molar-refractivity contribution < 1.29 is 14.5 Å². The van der Waals surface area contributed by atoms with Crippen LogP contribution >= 0.6 is 43.5 Å². The second kappa shape index (κ2) is 10.2. The van der Waals surface area contributed by atoms with Crippen molar-refractivity contribution in [3.8, 4) is 0 Å². The van der Waals surface area contributed by atoms with Crippen LogP contribution in [0.1, 0.15) is 46.7 Å². The van der Waals surface area contributed by atoms with Gasteiger partial charge in [-0.15, -0.1) is 0 Å². The number of halogens is 3. The molecule has 3 aromatic rings. The average Bonchev–Trinajstić information content (AvgIpc) is 2.98. The molecule has 5 rings (SSSR count). The SMILES string of the molecule is C=C(Cc1cc[n+](C)cc1)N1CCC([C@H]2c3c(Br)cc(Cl)cc3CCc3cc(Br)c[n+](O)c32)CC1. The number of likely N-dealkylation sites (tertiary alicyclic amines) is 1. The Balaban J connectivity index is 1.43. The molecule has 1 fully saturated rings. The van der Waals surface area contributed by atoms with Gasteiger partial charge in [-0.2, -0.15) is 0 Å². The molecule has 1 aliphatic heterocycles. The maximum Gasteiger partial charge on any atom is 0.245 e. The summed E-state index contributed by atoms with van der Waals surface area (Å²) in [7, 11) is 2.04. The van der Waals surface area contributed by atoms with Crippen LogP contribution in [0, 0.1) is 5.92 Å². The first-order chi connectivity index (χ1) is 16.8. The Labute approximate surface area is 229 Å². The number of nitrogens with zero attached hydrogens (tertiary/aromatic N) is 3. The fourth-order valence-corrected chi connectivity index (χ4v) is 7.35. The lowest BCUT2D eigenvalue weighted by atomic mass is 9.76. The van der Waals surface area contributed by atoms with Crippen molar-refractivity contribution in [2.45, 2.75) is 38.0 Å². The minimum atomic E-state index is 0.0942. The van der Waals surface area contributed by atoms with Crippen molar-refractivity contribution in [3.05, 3.63) is 103 Å². The molecule has 4 nitrogen and oxygen atoms in total. The van der Waals surface area contributed by atoms with Gasteiger partial charge in [0.2, 0.25) is 11.9 Å². The zero-order valence-electron chi connectivity index (χ0n) is 19.9. The molecule has 35 heavy (non-hydrogen) atoms. The fraction of sp³-hybridized carbons (Fsp3) is 0.357. The van der Waals surface area contributed by atoms with Crippen LogP contribution in [0.25, 0.3) is 0 Å². The second-order valence-electron chi connectivity index (χ2n) is 9.79. The summed E-state index contributed by atoms with van der Waals surface area (Å²) >= 11 is 13.9. The molecule has 1 atom stereocenters. The van der Waals surface area contributed by atoms with Crippen LogP contribution < -0.4 is 9.30 Å². The maximum atomic E-state index is 11.1. The first-order valence-electron chi connectivity index (χ1n) is 12.1. The first-order valence-corrected chi connectivity index (χ1v) is 14.0. The Morgan fingerprint density at radius 1 is 1.11 bits per heavy atom. The third kappa shape index (κ3) is 5.16. The molecule has 2 aliphatic rings. The predicted octanol–water partition coefficient (Wildman–Crippen LogP) is 5.91. The van der Waals surface area contributed by atoms with Crippen molar-refractivity contribution >= 4 is 43.5 Å². The Kier molecular flexibility index (Phi) is 7.25. The third-order valence-corrected chi connectivity index (χ3v) is 8.80. The van der Waals surface area contributed by atoms with Crippen molar-refractivity contribution in [3.63, 3.8) is 0 Å². The van der Waals surface area contributed by atoms with E-state index in [4.69, 9.17) is 11.6 Å². The van der Waals surface area contributed by atoms with E-state index in [1.165, 1.54) is 32.7 Å². The number of rotatable bonds is 4. The molecule has 0 amide bonds. The molecule has 1 saturated heterocycles. The largest absolute Gasteiger partial charge is 0.375 e. The van der Waals surface area contributed by atoms with Gasteiger partial charge in [-0.25, -0.2) is 4.57 Å². The molecule has 0 saturated carbocycles. The molecule has 1 N–H and O–H groups in total. The molecular formula is C28H30Br2ClN3O+2. The first kappa shape index (κ1) is 24.8. The van der Waals surface area contributed by atoms with Gasteiger partial charge in [0.1, 0.15) is 7.05 Å². The van der Waals surface area contributed by atoms with Gasteiger partial charge in [0.25, 0.3) is 0 Å².